The Labute approximate surface area is 223 Å². The van der Waals surface area contributed by atoms with Crippen LogP contribution in [-0.4, -0.2) is 45.3 Å². The van der Waals surface area contributed by atoms with Gasteiger partial charge in [0.25, 0.3) is 5.69 Å². The number of aromatic nitrogens is 2. The molecule has 1 aliphatic rings. The molecule has 0 amide bonds. The number of methoxy groups -OCH3 is 1. The Balaban J connectivity index is 1.25. The first-order valence-corrected chi connectivity index (χ1v) is 13.1. The van der Waals surface area contributed by atoms with Gasteiger partial charge in [0.1, 0.15) is 22.9 Å². The van der Waals surface area contributed by atoms with Crippen LogP contribution in [-0.2, 0) is 0 Å². The largest absolute Gasteiger partial charge is 0.496 e. The molecular weight excluding hydrogens is 510 g/mol. The van der Waals surface area contributed by atoms with E-state index in [-0.39, 0.29) is 5.69 Å². The number of anilines is 1. The maximum Gasteiger partial charge on any atom is 0.296 e. The number of nitro groups is 1. The average Bonchev–Trinajstić information content (AvgIpc) is 3.56. The van der Waals surface area contributed by atoms with Crippen LogP contribution >= 0.6 is 23.6 Å². The SMILES string of the molecule is COc1ccc(NC(=S)N2CCC(c3nc(-c4c(-c5ccccc5)noc4C)cs3)CC2)c([N+](=O)[O-])c1. The molecule has 3 heterocycles. The first kappa shape index (κ1) is 24.8. The first-order chi connectivity index (χ1) is 17.9. The van der Waals surface area contributed by atoms with E-state index in [0.29, 0.717) is 22.5 Å². The summed E-state index contributed by atoms with van der Waals surface area (Å²) in [4.78, 5) is 18.1. The van der Waals surface area contributed by atoms with Crippen LogP contribution in [0.3, 0.4) is 0 Å². The van der Waals surface area contributed by atoms with E-state index in [2.05, 4.69) is 15.9 Å². The molecule has 0 radical (unpaired) electrons. The summed E-state index contributed by atoms with van der Waals surface area (Å²) in [5, 5.41) is 22.5. The number of piperidine rings is 1. The summed E-state index contributed by atoms with van der Waals surface area (Å²) in [6.45, 7) is 3.38. The van der Waals surface area contributed by atoms with Gasteiger partial charge in [-0.25, -0.2) is 4.98 Å². The second kappa shape index (κ2) is 10.7. The third-order valence-electron chi connectivity index (χ3n) is 6.46. The second-order valence-electron chi connectivity index (χ2n) is 8.73. The lowest BCUT2D eigenvalue weighted by molar-refractivity contribution is -0.384. The van der Waals surface area contributed by atoms with Crippen LogP contribution < -0.4 is 10.1 Å². The van der Waals surface area contributed by atoms with E-state index >= 15 is 0 Å². The smallest absolute Gasteiger partial charge is 0.296 e. The van der Waals surface area contributed by atoms with Crippen molar-refractivity contribution in [1.82, 2.24) is 15.0 Å². The van der Waals surface area contributed by atoms with Crippen LogP contribution in [0.2, 0.25) is 0 Å². The van der Waals surface area contributed by atoms with Crippen LogP contribution in [0.25, 0.3) is 22.5 Å². The van der Waals surface area contributed by atoms with Crippen molar-refractivity contribution in [2.45, 2.75) is 25.7 Å². The molecule has 2 aromatic heterocycles. The number of thiocarbonyl (C=S) groups is 1. The zero-order valence-corrected chi connectivity index (χ0v) is 22.0. The van der Waals surface area contributed by atoms with Gasteiger partial charge in [0.15, 0.2) is 5.11 Å². The Morgan fingerprint density at radius 2 is 2.00 bits per heavy atom. The van der Waals surface area contributed by atoms with Crippen LogP contribution in [0, 0.1) is 17.0 Å². The van der Waals surface area contributed by atoms with Crippen molar-refractivity contribution in [3.8, 4) is 28.3 Å². The highest BCUT2D eigenvalue weighted by molar-refractivity contribution is 7.80. The molecule has 1 saturated heterocycles. The monoisotopic (exact) mass is 535 g/mol. The van der Waals surface area contributed by atoms with Gasteiger partial charge in [-0.15, -0.1) is 11.3 Å². The minimum absolute atomic E-state index is 0.0780. The van der Waals surface area contributed by atoms with Crippen LogP contribution in [0.4, 0.5) is 11.4 Å². The normalized spacial score (nSPS) is 13.9. The van der Waals surface area contributed by atoms with Gasteiger partial charge in [0.05, 0.1) is 34.4 Å². The molecule has 2 aromatic carbocycles. The topological polar surface area (TPSA) is 107 Å². The third kappa shape index (κ3) is 5.18. The second-order valence-corrected chi connectivity index (χ2v) is 10.0. The molecule has 11 heteroatoms. The Bertz CT molecular complexity index is 1430. The molecule has 0 atom stereocenters. The number of aryl methyl sites for hydroxylation is 1. The third-order valence-corrected chi connectivity index (χ3v) is 7.83. The molecule has 5 rings (SSSR count). The molecule has 0 bridgehead atoms. The number of nitrogens with one attached hydrogen (secondary N) is 1. The van der Waals surface area contributed by atoms with Gasteiger partial charge >= 0.3 is 0 Å². The van der Waals surface area contributed by atoms with Crippen LogP contribution in [0.5, 0.6) is 5.75 Å². The Kier molecular flexibility index (Phi) is 7.15. The van der Waals surface area contributed by atoms with Gasteiger partial charge in [-0.1, -0.05) is 35.5 Å². The highest BCUT2D eigenvalue weighted by atomic mass is 32.1. The number of nitro benzene ring substituents is 1. The fourth-order valence-electron chi connectivity index (χ4n) is 4.48. The number of likely N-dealkylation sites (tertiary alicyclic amines) is 1. The molecule has 0 unspecified atom stereocenters. The zero-order chi connectivity index (χ0) is 25.9. The predicted molar refractivity (Wildman–Crippen MR) is 147 cm³/mol. The minimum atomic E-state index is -0.444. The number of nitrogens with zero attached hydrogens (tertiary/aromatic N) is 4. The molecule has 9 nitrogen and oxygen atoms in total. The predicted octanol–water partition coefficient (Wildman–Crippen LogP) is 6.27. The fourth-order valence-corrected chi connectivity index (χ4v) is 5.75. The number of rotatable bonds is 6. The lowest BCUT2D eigenvalue weighted by Crippen LogP contribution is -2.40. The molecular formula is C26H25N5O4S2. The number of hydrogen-bond donors (Lipinski definition) is 1. The van der Waals surface area contributed by atoms with E-state index in [4.69, 9.17) is 26.5 Å². The fraction of sp³-hybridized carbons (Fsp3) is 0.269. The highest BCUT2D eigenvalue weighted by Crippen LogP contribution is 2.38. The molecule has 1 aliphatic heterocycles. The van der Waals surface area contributed by atoms with Gasteiger partial charge in [-0.2, -0.15) is 0 Å². The summed E-state index contributed by atoms with van der Waals surface area (Å²) in [7, 11) is 1.47. The first-order valence-electron chi connectivity index (χ1n) is 11.8. The highest BCUT2D eigenvalue weighted by Gasteiger charge is 2.27. The van der Waals surface area contributed by atoms with Gasteiger partial charge in [0.2, 0.25) is 0 Å². The van der Waals surface area contributed by atoms with E-state index in [1.54, 1.807) is 23.5 Å². The van der Waals surface area contributed by atoms with E-state index in [9.17, 15) is 10.1 Å². The summed E-state index contributed by atoms with van der Waals surface area (Å²) in [6.07, 6.45) is 1.77. The number of benzene rings is 2. The molecule has 1 fully saturated rings. The Morgan fingerprint density at radius 1 is 1.24 bits per heavy atom. The van der Waals surface area contributed by atoms with Crippen molar-refractivity contribution in [2.75, 3.05) is 25.5 Å². The molecule has 4 aromatic rings. The number of thiazole rings is 1. The Hall–Kier alpha value is -3.83. The van der Waals surface area contributed by atoms with Gasteiger partial charge in [-0.3, -0.25) is 10.1 Å². The molecule has 190 valence electrons. The summed E-state index contributed by atoms with van der Waals surface area (Å²) in [5.74, 6) is 1.48. The Morgan fingerprint density at radius 3 is 2.70 bits per heavy atom. The molecule has 1 N–H and O–H groups in total. The summed E-state index contributed by atoms with van der Waals surface area (Å²) < 4.78 is 10.6. The molecule has 37 heavy (non-hydrogen) atoms. The van der Waals surface area contributed by atoms with Gasteiger partial charge in [0, 0.05) is 30.0 Å². The lowest BCUT2D eigenvalue weighted by atomic mass is 9.97. The van der Waals surface area contributed by atoms with E-state index in [0.717, 1.165) is 59.2 Å². The summed E-state index contributed by atoms with van der Waals surface area (Å²) >= 11 is 7.24. The average molecular weight is 536 g/mol. The van der Waals surface area contributed by atoms with Crippen LogP contribution in [0.15, 0.2) is 58.4 Å². The van der Waals surface area contributed by atoms with Crippen molar-refractivity contribution in [3.63, 3.8) is 0 Å². The summed E-state index contributed by atoms with van der Waals surface area (Å²) in [5.41, 5.74) is 3.87. The van der Waals surface area contributed by atoms with Crippen molar-refractivity contribution in [3.05, 3.63) is 74.8 Å². The van der Waals surface area contributed by atoms with Gasteiger partial charge in [-0.05, 0) is 44.1 Å². The lowest BCUT2D eigenvalue weighted by Gasteiger charge is -2.33. The minimum Gasteiger partial charge on any atom is -0.496 e. The molecule has 0 aliphatic carbocycles. The number of hydrogen-bond acceptors (Lipinski definition) is 8. The van der Waals surface area contributed by atoms with E-state index in [1.165, 1.54) is 13.2 Å². The van der Waals surface area contributed by atoms with E-state index in [1.807, 2.05) is 42.2 Å². The zero-order valence-electron chi connectivity index (χ0n) is 20.3. The quantitative estimate of drug-likeness (QED) is 0.174. The van der Waals surface area contributed by atoms with Crippen molar-refractivity contribution < 1.29 is 14.2 Å². The van der Waals surface area contributed by atoms with Gasteiger partial charge < -0.3 is 19.5 Å². The number of ether oxygens (including phenoxy) is 1. The van der Waals surface area contributed by atoms with Crippen molar-refractivity contribution >= 4 is 40.0 Å². The maximum atomic E-state index is 11.5. The van der Waals surface area contributed by atoms with Crippen molar-refractivity contribution in [1.29, 1.82) is 0 Å². The van der Waals surface area contributed by atoms with Crippen molar-refractivity contribution in [2.24, 2.45) is 0 Å². The maximum absolute atomic E-state index is 11.5. The molecule has 0 saturated carbocycles. The summed E-state index contributed by atoms with van der Waals surface area (Å²) in [6, 6.07) is 14.6. The van der Waals surface area contributed by atoms with Crippen LogP contribution in [0.1, 0.15) is 29.5 Å². The standard InChI is InChI=1S/C26H25N5O4S2/c1-16-23(24(29-35-16)17-6-4-3-5-7-17)21-15-37-25(27-21)18-10-12-30(13-11-18)26(36)28-20-9-8-19(34-2)14-22(20)31(32)33/h3-9,14-15,18H,10-13H2,1-2H3,(H,28,36). The van der Waals surface area contributed by atoms with E-state index < -0.39 is 4.92 Å². The molecule has 0 spiro atoms.